The minimum Gasteiger partial charge on any atom is -0.480 e. The molecule has 0 unspecified atom stereocenters. The Labute approximate surface area is 217 Å². The minimum atomic E-state index is -4.86. The van der Waals surface area contributed by atoms with Crippen molar-refractivity contribution in [3.8, 4) is 0 Å². The van der Waals surface area contributed by atoms with Crippen LogP contribution in [-0.4, -0.2) is 37.7 Å². The van der Waals surface area contributed by atoms with E-state index in [9.17, 15) is 27.9 Å². The second kappa shape index (κ2) is 11.4. The van der Waals surface area contributed by atoms with Gasteiger partial charge in [0.25, 0.3) is 0 Å². The van der Waals surface area contributed by atoms with Gasteiger partial charge in [-0.05, 0) is 63.1 Å². The molecule has 0 saturated carbocycles. The number of aliphatic carboxylic acids is 1. The number of rotatable bonds is 10. The van der Waals surface area contributed by atoms with Crippen molar-refractivity contribution in [2.75, 3.05) is 0 Å². The SMILES string of the molecule is CCCn1nc(Cc2ccc(C)cc2)cc1[C@H](OC(=O)c1ccc(SC(C)(C)C(=O)O)cc1)C(F)(F)F. The summed E-state index contributed by atoms with van der Waals surface area (Å²) in [5.74, 6) is -2.15. The molecule has 3 aromatic rings. The fourth-order valence-electron chi connectivity index (χ4n) is 3.56. The highest BCUT2D eigenvalue weighted by atomic mass is 32.2. The van der Waals surface area contributed by atoms with Crippen LogP contribution in [0.2, 0.25) is 0 Å². The molecule has 3 rings (SSSR count). The van der Waals surface area contributed by atoms with E-state index >= 15 is 0 Å². The van der Waals surface area contributed by atoms with Gasteiger partial charge in [-0.15, -0.1) is 11.8 Å². The van der Waals surface area contributed by atoms with Crippen LogP contribution in [0.25, 0.3) is 0 Å². The predicted molar refractivity (Wildman–Crippen MR) is 135 cm³/mol. The second-order valence-corrected chi connectivity index (χ2v) is 10.9. The molecule has 1 heterocycles. The van der Waals surface area contributed by atoms with Gasteiger partial charge in [0.15, 0.2) is 0 Å². The third-order valence-corrected chi connectivity index (χ3v) is 6.76. The number of thioether (sulfide) groups is 1. The van der Waals surface area contributed by atoms with Gasteiger partial charge >= 0.3 is 18.1 Å². The standard InChI is InChI=1S/C27H29F3N2O4S/c1-5-14-32-22(16-20(31-32)15-18-8-6-17(2)7-9-18)23(27(28,29)30)36-24(33)19-10-12-21(13-11-19)37-26(3,4)25(34)35/h6-13,16,23H,5,14-15H2,1-4H3,(H,34,35)/t23-/m0/s1. The highest BCUT2D eigenvalue weighted by Gasteiger charge is 2.46. The Morgan fingerprint density at radius 3 is 2.24 bits per heavy atom. The zero-order chi connectivity index (χ0) is 27.4. The van der Waals surface area contributed by atoms with E-state index in [0.29, 0.717) is 23.4 Å². The number of carboxylic acids is 1. The van der Waals surface area contributed by atoms with Crippen LogP contribution >= 0.6 is 11.8 Å². The van der Waals surface area contributed by atoms with Gasteiger partial charge < -0.3 is 9.84 Å². The molecule has 0 radical (unpaired) electrons. The smallest absolute Gasteiger partial charge is 0.431 e. The summed E-state index contributed by atoms with van der Waals surface area (Å²) < 4.78 is 47.5. The molecule has 0 amide bonds. The summed E-state index contributed by atoms with van der Waals surface area (Å²) in [4.78, 5) is 24.6. The quantitative estimate of drug-likeness (QED) is 0.233. The molecule has 0 bridgehead atoms. The first-order chi connectivity index (χ1) is 17.3. The summed E-state index contributed by atoms with van der Waals surface area (Å²) in [7, 11) is 0. The lowest BCUT2D eigenvalue weighted by Gasteiger charge is -2.22. The topological polar surface area (TPSA) is 81.4 Å². The van der Waals surface area contributed by atoms with Crippen LogP contribution in [0.1, 0.15) is 66.2 Å². The Morgan fingerprint density at radius 1 is 1.08 bits per heavy atom. The Bertz CT molecular complexity index is 1240. The van der Waals surface area contributed by atoms with E-state index in [1.807, 2.05) is 38.1 Å². The fourth-order valence-corrected chi connectivity index (χ4v) is 4.51. The first kappa shape index (κ1) is 28.3. The number of hydrogen-bond acceptors (Lipinski definition) is 5. The Hall–Kier alpha value is -3.27. The number of esters is 1. The zero-order valence-electron chi connectivity index (χ0n) is 21.0. The number of ether oxygens (including phenoxy) is 1. The van der Waals surface area contributed by atoms with Crippen molar-refractivity contribution in [3.63, 3.8) is 0 Å². The van der Waals surface area contributed by atoms with E-state index in [1.165, 1.54) is 48.9 Å². The number of aryl methyl sites for hydroxylation is 2. The van der Waals surface area contributed by atoms with Crippen molar-refractivity contribution in [2.24, 2.45) is 0 Å². The summed E-state index contributed by atoms with van der Waals surface area (Å²) in [5.41, 5.74) is 2.11. The highest BCUT2D eigenvalue weighted by Crippen LogP contribution is 2.38. The lowest BCUT2D eigenvalue weighted by Crippen LogP contribution is -2.28. The molecule has 1 N–H and O–H groups in total. The van der Waals surface area contributed by atoms with E-state index in [1.54, 1.807) is 0 Å². The van der Waals surface area contributed by atoms with E-state index in [0.717, 1.165) is 22.9 Å². The van der Waals surface area contributed by atoms with Crippen LogP contribution in [-0.2, 0) is 22.5 Å². The third kappa shape index (κ3) is 7.38. The van der Waals surface area contributed by atoms with Gasteiger partial charge in [0.2, 0.25) is 6.10 Å². The van der Waals surface area contributed by atoms with Crippen molar-refractivity contribution < 1.29 is 32.6 Å². The molecule has 198 valence electrons. The molecule has 0 saturated heterocycles. The van der Waals surface area contributed by atoms with Crippen molar-refractivity contribution >= 4 is 23.7 Å². The molecule has 0 spiro atoms. The molecule has 0 aliphatic rings. The monoisotopic (exact) mass is 534 g/mol. The second-order valence-electron chi connectivity index (χ2n) is 9.21. The Kier molecular flexibility index (Phi) is 8.73. The summed E-state index contributed by atoms with van der Waals surface area (Å²) in [6, 6.07) is 14.6. The van der Waals surface area contributed by atoms with Crippen LogP contribution in [0.3, 0.4) is 0 Å². The number of benzene rings is 2. The van der Waals surface area contributed by atoms with E-state index in [2.05, 4.69) is 5.10 Å². The van der Waals surface area contributed by atoms with Crippen molar-refractivity contribution in [1.82, 2.24) is 9.78 Å². The minimum absolute atomic E-state index is 0.0758. The van der Waals surface area contributed by atoms with Crippen LogP contribution in [0.5, 0.6) is 0 Å². The van der Waals surface area contributed by atoms with E-state index < -0.39 is 29.0 Å². The predicted octanol–water partition coefficient (Wildman–Crippen LogP) is 6.61. The van der Waals surface area contributed by atoms with Crippen LogP contribution < -0.4 is 0 Å². The maximum Gasteiger partial charge on any atom is 0.431 e. The van der Waals surface area contributed by atoms with Crippen molar-refractivity contribution in [1.29, 1.82) is 0 Å². The third-order valence-electron chi connectivity index (χ3n) is 5.57. The number of aromatic nitrogens is 2. The number of carbonyl (C=O) groups is 2. The average Bonchev–Trinajstić information content (AvgIpc) is 3.20. The first-order valence-corrected chi connectivity index (χ1v) is 12.5. The number of halogens is 3. The van der Waals surface area contributed by atoms with Gasteiger partial charge in [0.05, 0.1) is 17.0 Å². The number of carboxylic acid groups (broad SMARTS) is 1. The normalized spacial score (nSPS) is 12.8. The lowest BCUT2D eigenvalue weighted by atomic mass is 10.1. The van der Waals surface area contributed by atoms with Gasteiger partial charge in [-0.2, -0.15) is 18.3 Å². The van der Waals surface area contributed by atoms with Gasteiger partial charge in [-0.1, -0.05) is 36.8 Å². The number of carbonyl (C=O) groups excluding carboxylic acids is 1. The zero-order valence-corrected chi connectivity index (χ0v) is 21.8. The van der Waals surface area contributed by atoms with Crippen LogP contribution in [0.15, 0.2) is 59.5 Å². The molecule has 0 fully saturated rings. The van der Waals surface area contributed by atoms with Gasteiger partial charge in [-0.3, -0.25) is 9.48 Å². The summed E-state index contributed by atoms with van der Waals surface area (Å²) in [6.07, 6.45) is -6.47. The largest absolute Gasteiger partial charge is 0.480 e. The molecule has 10 heteroatoms. The number of hydrogen-bond donors (Lipinski definition) is 1. The fraction of sp³-hybridized carbons (Fsp3) is 0.370. The number of alkyl halides is 3. The Morgan fingerprint density at radius 2 is 1.70 bits per heavy atom. The molecule has 1 aromatic heterocycles. The molecule has 6 nitrogen and oxygen atoms in total. The molecule has 37 heavy (non-hydrogen) atoms. The molecular weight excluding hydrogens is 505 g/mol. The molecule has 0 aliphatic heterocycles. The van der Waals surface area contributed by atoms with Gasteiger partial charge in [0, 0.05) is 17.9 Å². The lowest BCUT2D eigenvalue weighted by molar-refractivity contribution is -0.209. The summed E-state index contributed by atoms with van der Waals surface area (Å²) in [6.45, 7) is 7.07. The molecule has 0 aliphatic carbocycles. The van der Waals surface area contributed by atoms with Crippen molar-refractivity contribution in [2.45, 2.75) is 69.0 Å². The summed E-state index contributed by atoms with van der Waals surface area (Å²) >= 11 is 1.06. The molecule has 1 atom stereocenters. The molecule has 2 aromatic carbocycles. The first-order valence-electron chi connectivity index (χ1n) is 11.7. The molecular formula is C27H29F3N2O4S. The van der Waals surface area contributed by atoms with Crippen LogP contribution in [0, 0.1) is 6.92 Å². The van der Waals surface area contributed by atoms with Crippen LogP contribution in [0.4, 0.5) is 13.2 Å². The van der Waals surface area contributed by atoms with E-state index in [4.69, 9.17) is 4.74 Å². The maximum absolute atomic E-state index is 14.1. The van der Waals surface area contributed by atoms with Crippen molar-refractivity contribution in [3.05, 3.63) is 82.7 Å². The maximum atomic E-state index is 14.1. The van der Waals surface area contributed by atoms with Gasteiger partial charge in [0.1, 0.15) is 4.75 Å². The van der Waals surface area contributed by atoms with Gasteiger partial charge in [-0.25, -0.2) is 4.79 Å². The Balaban J connectivity index is 1.85. The van der Waals surface area contributed by atoms with E-state index in [-0.39, 0.29) is 17.8 Å². The average molecular weight is 535 g/mol. The summed E-state index contributed by atoms with van der Waals surface area (Å²) in [5, 5.41) is 13.6. The number of nitrogens with zero attached hydrogens (tertiary/aromatic N) is 2. The highest BCUT2D eigenvalue weighted by molar-refractivity contribution is 8.01.